The number of nitrogens with zero attached hydrogens (tertiary/aromatic N) is 4. The Morgan fingerprint density at radius 3 is 2.00 bits per heavy atom. The molecule has 2 heterocycles. The number of hydrogen-bond acceptors (Lipinski definition) is 3. The second-order valence-corrected chi connectivity index (χ2v) is 8.49. The molecule has 1 aromatic heterocycles. The van der Waals surface area contributed by atoms with Crippen LogP contribution in [0.5, 0.6) is 0 Å². The molecule has 0 bridgehead atoms. The molecule has 0 radical (unpaired) electrons. The van der Waals surface area contributed by atoms with Gasteiger partial charge in [0, 0.05) is 31.9 Å². The van der Waals surface area contributed by atoms with Gasteiger partial charge in [0.05, 0.1) is 11.1 Å². The molecule has 0 N–H and O–H groups in total. The number of rotatable bonds is 4. The molecule has 3 aromatic rings. The second-order valence-electron chi connectivity index (χ2n) is 8.49. The summed E-state index contributed by atoms with van der Waals surface area (Å²) in [6.45, 7) is 7.93. The van der Waals surface area contributed by atoms with Crippen LogP contribution in [0.15, 0.2) is 66.7 Å². The minimum Gasteiger partial charge on any atom is -0.338 e. The van der Waals surface area contributed by atoms with E-state index in [1.165, 1.54) is 0 Å². The average Bonchev–Trinajstić information content (AvgIpc) is 3.21. The van der Waals surface area contributed by atoms with E-state index in [4.69, 9.17) is 0 Å². The van der Waals surface area contributed by atoms with Crippen LogP contribution in [-0.2, 0) is 10.2 Å². The fraction of sp³-hybridized carbons (Fsp3) is 0.320. The van der Waals surface area contributed by atoms with Gasteiger partial charge in [0.1, 0.15) is 0 Å². The van der Waals surface area contributed by atoms with Gasteiger partial charge in [-0.25, -0.2) is 4.68 Å². The van der Waals surface area contributed by atoms with E-state index in [0.29, 0.717) is 31.9 Å². The fourth-order valence-corrected chi connectivity index (χ4v) is 4.06. The zero-order chi connectivity index (χ0) is 22.0. The number of carbonyl (C=O) groups is 2. The van der Waals surface area contributed by atoms with E-state index in [0.717, 1.165) is 16.9 Å². The van der Waals surface area contributed by atoms with Crippen molar-refractivity contribution in [1.82, 2.24) is 19.6 Å². The van der Waals surface area contributed by atoms with Gasteiger partial charge in [-0.05, 0) is 44.5 Å². The molecular weight excluding hydrogens is 388 g/mol. The summed E-state index contributed by atoms with van der Waals surface area (Å²) in [7, 11) is 0. The van der Waals surface area contributed by atoms with Gasteiger partial charge in [0.25, 0.3) is 5.91 Å². The summed E-state index contributed by atoms with van der Waals surface area (Å²) in [5.74, 6) is 0.00204. The molecule has 6 nitrogen and oxygen atoms in total. The minimum absolute atomic E-state index is 0.0906. The van der Waals surface area contributed by atoms with Crippen molar-refractivity contribution in [3.05, 3.63) is 83.7 Å². The van der Waals surface area contributed by atoms with Crippen molar-refractivity contribution in [3.63, 3.8) is 0 Å². The lowest BCUT2D eigenvalue weighted by molar-refractivity contribution is -0.137. The molecular formula is C25H28N4O2. The van der Waals surface area contributed by atoms with Gasteiger partial charge in [0.2, 0.25) is 5.91 Å². The maximum atomic E-state index is 13.2. The van der Waals surface area contributed by atoms with Crippen molar-refractivity contribution < 1.29 is 9.59 Å². The van der Waals surface area contributed by atoms with Gasteiger partial charge in [-0.3, -0.25) is 9.59 Å². The predicted molar refractivity (Wildman–Crippen MR) is 120 cm³/mol. The lowest BCUT2D eigenvalue weighted by Crippen LogP contribution is -2.54. The maximum absolute atomic E-state index is 13.2. The highest BCUT2D eigenvalue weighted by atomic mass is 16.2. The number of para-hydroxylation sites is 1. The highest BCUT2D eigenvalue weighted by molar-refractivity contribution is 5.93. The molecule has 1 aliphatic heterocycles. The van der Waals surface area contributed by atoms with Crippen LogP contribution in [0.2, 0.25) is 0 Å². The molecule has 4 rings (SSSR count). The van der Waals surface area contributed by atoms with Crippen molar-refractivity contribution in [3.8, 4) is 5.69 Å². The van der Waals surface area contributed by atoms with Gasteiger partial charge in [-0.1, -0.05) is 48.5 Å². The Balaban J connectivity index is 1.42. The lowest BCUT2D eigenvalue weighted by Gasteiger charge is -2.38. The molecule has 0 aliphatic carbocycles. The summed E-state index contributed by atoms with van der Waals surface area (Å²) in [5.41, 5.74) is 2.68. The summed E-state index contributed by atoms with van der Waals surface area (Å²) in [5, 5.41) is 4.53. The minimum atomic E-state index is -0.598. The molecule has 2 amide bonds. The van der Waals surface area contributed by atoms with Crippen LogP contribution in [0.3, 0.4) is 0 Å². The van der Waals surface area contributed by atoms with E-state index in [1.807, 2.05) is 92.4 Å². The number of aryl methyl sites for hydroxylation is 1. The molecule has 160 valence electrons. The molecule has 6 heteroatoms. The first-order valence-electron chi connectivity index (χ1n) is 10.6. The standard InChI is InChI=1S/C25H28N4O2/c1-19-18-22(26-29(19)21-12-8-5-9-13-21)23(30)27-14-16-28(17-15-27)24(31)25(2,3)20-10-6-4-7-11-20/h4-13,18H,14-17H2,1-3H3. The van der Waals surface area contributed by atoms with Crippen LogP contribution in [0.25, 0.3) is 5.69 Å². The van der Waals surface area contributed by atoms with Crippen LogP contribution in [0, 0.1) is 6.92 Å². The van der Waals surface area contributed by atoms with Gasteiger partial charge in [0.15, 0.2) is 5.69 Å². The highest BCUT2D eigenvalue weighted by Crippen LogP contribution is 2.26. The molecule has 1 saturated heterocycles. The van der Waals surface area contributed by atoms with E-state index in [-0.39, 0.29) is 11.8 Å². The van der Waals surface area contributed by atoms with E-state index in [9.17, 15) is 9.59 Å². The molecule has 2 aromatic carbocycles. The summed E-state index contributed by atoms with van der Waals surface area (Å²) in [4.78, 5) is 29.9. The topological polar surface area (TPSA) is 58.4 Å². The Morgan fingerprint density at radius 1 is 0.839 bits per heavy atom. The normalized spacial score (nSPS) is 14.5. The van der Waals surface area contributed by atoms with Crippen LogP contribution in [0.1, 0.15) is 35.6 Å². The van der Waals surface area contributed by atoms with Gasteiger partial charge in [-0.15, -0.1) is 0 Å². The van der Waals surface area contributed by atoms with Crippen molar-refractivity contribution in [2.24, 2.45) is 0 Å². The van der Waals surface area contributed by atoms with Gasteiger partial charge in [-0.2, -0.15) is 5.10 Å². The lowest BCUT2D eigenvalue weighted by atomic mass is 9.83. The van der Waals surface area contributed by atoms with Crippen LogP contribution in [-0.4, -0.2) is 57.6 Å². The van der Waals surface area contributed by atoms with Crippen LogP contribution in [0.4, 0.5) is 0 Å². The Bertz CT molecular complexity index is 1070. The first-order valence-corrected chi connectivity index (χ1v) is 10.6. The first kappa shape index (κ1) is 20.8. The monoisotopic (exact) mass is 416 g/mol. The number of hydrogen-bond donors (Lipinski definition) is 0. The number of amides is 2. The Labute approximate surface area is 183 Å². The molecule has 0 spiro atoms. The van der Waals surface area contributed by atoms with E-state index in [1.54, 1.807) is 9.58 Å². The molecule has 1 aliphatic rings. The van der Waals surface area contributed by atoms with E-state index < -0.39 is 5.41 Å². The zero-order valence-electron chi connectivity index (χ0n) is 18.3. The molecule has 0 unspecified atom stereocenters. The molecule has 0 saturated carbocycles. The average molecular weight is 417 g/mol. The van der Waals surface area contributed by atoms with Crippen molar-refractivity contribution in [2.45, 2.75) is 26.2 Å². The SMILES string of the molecule is Cc1cc(C(=O)N2CCN(C(=O)C(C)(C)c3ccccc3)CC2)nn1-c1ccccc1. The quantitative estimate of drug-likeness (QED) is 0.655. The zero-order valence-corrected chi connectivity index (χ0v) is 18.3. The summed E-state index contributed by atoms with van der Waals surface area (Å²) >= 11 is 0. The second kappa shape index (κ2) is 8.38. The van der Waals surface area contributed by atoms with Crippen molar-refractivity contribution >= 4 is 11.8 Å². The number of carbonyl (C=O) groups excluding carboxylic acids is 2. The fourth-order valence-electron chi connectivity index (χ4n) is 4.06. The van der Waals surface area contributed by atoms with E-state index in [2.05, 4.69) is 5.10 Å². The third kappa shape index (κ3) is 4.10. The van der Waals surface area contributed by atoms with Gasteiger partial charge >= 0.3 is 0 Å². The number of aromatic nitrogens is 2. The Hall–Kier alpha value is -3.41. The number of benzene rings is 2. The van der Waals surface area contributed by atoms with Crippen molar-refractivity contribution in [2.75, 3.05) is 26.2 Å². The summed E-state index contributed by atoms with van der Waals surface area (Å²) in [6.07, 6.45) is 0. The third-order valence-electron chi connectivity index (χ3n) is 5.99. The van der Waals surface area contributed by atoms with Crippen LogP contribution >= 0.6 is 0 Å². The Kier molecular flexibility index (Phi) is 5.63. The molecule has 31 heavy (non-hydrogen) atoms. The Morgan fingerprint density at radius 2 is 1.39 bits per heavy atom. The van der Waals surface area contributed by atoms with Crippen LogP contribution < -0.4 is 0 Å². The summed E-state index contributed by atoms with van der Waals surface area (Å²) in [6, 6.07) is 21.5. The highest BCUT2D eigenvalue weighted by Gasteiger charge is 2.36. The molecule has 0 atom stereocenters. The first-order chi connectivity index (χ1) is 14.9. The van der Waals surface area contributed by atoms with Gasteiger partial charge < -0.3 is 9.80 Å². The molecule has 1 fully saturated rings. The predicted octanol–water partition coefficient (Wildman–Crippen LogP) is 3.44. The van der Waals surface area contributed by atoms with E-state index >= 15 is 0 Å². The third-order valence-corrected chi connectivity index (χ3v) is 5.99. The largest absolute Gasteiger partial charge is 0.338 e. The van der Waals surface area contributed by atoms with Crippen molar-refractivity contribution in [1.29, 1.82) is 0 Å². The summed E-state index contributed by atoms with van der Waals surface area (Å²) < 4.78 is 1.79. The smallest absolute Gasteiger partial charge is 0.274 e. The number of piperazine rings is 1. The maximum Gasteiger partial charge on any atom is 0.274 e.